The smallest absolute Gasteiger partial charge is 0.262 e. The van der Waals surface area contributed by atoms with E-state index < -0.39 is 25.9 Å². The Morgan fingerprint density at radius 3 is 1.93 bits per heavy atom. The van der Waals surface area contributed by atoms with Crippen LogP contribution >= 0.6 is 0 Å². The van der Waals surface area contributed by atoms with Crippen molar-refractivity contribution in [2.75, 3.05) is 9.44 Å². The summed E-state index contributed by atoms with van der Waals surface area (Å²) in [7, 11) is -7.97. The van der Waals surface area contributed by atoms with Crippen molar-refractivity contribution in [2.45, 2.75) is 9.79 Å². The Hall–Kier alpha value is -2.91. The summed E-state index contributed by atoms with van der Waals surface area (Å²) in [6.45, 7) is 0. The van der Waals surface area contributed by atoms with Crippen molar-refractivity contribution >= 4 is 31.4 Å². The van der Waals surface area contributed by atoms with Gasteiger partial charge in [-0.2, -0.15) is 0 Å². The average molecular weight is 406 g/mol. The molecule has 0 saturated heterocycles. The van der Waals surface area contributed by atoms with Crippen LogP contribution in [0.1, 0.15) is 0 Å². The molecule has 3 aromatic carbocycles. The molecule has 0 bridgehead atoms. The molecule has 3 rings (SSSR count). The number of nitrogens with one attached hydrogen (secondary N) is 2. The summed E-state index contributed by atoms with van der Waals surface area (Å²) in [6, 6.07) is 18.3. The summed E-state index contributed by atoms with van der Waals surface area (Å²) in [5.74, 6) is -0.720. The van der Waals surface area contributed by atoms with E-state index >= 15 is 0 Å². The normalized spacial score (nSPS) is 11.7. The van der Waals surface area contributed by atoms with E-state index in [4.69, 9.17) is 0 Å². The second-order valence-corrected chi connectivity index (χ2v) is 8.90. The maximum absolute atomic E-state index is 13.7. The first-order chi connectivity index (χ1) is 12.8. The summed E-state index contributed by atoms with van der Waals surface area (Å²) < 4.78 is 67.9. The molecule has 0 atom stereocenters. The molecule has 9 heteroatoms. The maximum atomic E-state index is 13.7. The molecular weight excluding hydrogens is 391 g/mol. The molecule has 0 aliphatic heterocycles. The summed E-state index contributed by atoms with van der Waals surface area (Å²) in [5.41, 5.74) is -0.136. The van der Waals surface area contributed by atoms with Gasteiger partial charge in [-0.1, -0.05) is 36.4 Å². The highest BCUT2D eigenvalue weighted by atomic mass is 32.2. The van der Waals surface area contributed by atoms with Crippen molar-refractivity contribution in [3.05, 3.63) is 84.7 Å². The SMILES string of the molecule is O=S(=O)(Nc1cccc(S(=O)(=O)Nc2ccccc2F)c1)c1ccccc1. The molecule has 0 saturated carbocycles. The number of benzene rings is 3. The van der Waals surface area contributed by atoms with Crippen LogP contribution in [0.25, 0.3) is 0 Å². The fourth-order valence-corrected chi connectivity index (χ4v) is 4.47. The van der Waals surface area contributed by atoms with Gasteiger partial charge in [0.25, 0.3) is 20.0 Å². The molecule has 27 heavy (non-hydrogen) atoms. The third kappa shape index (κ3) is 4.44. The van der Waals surface area contributed by atoms with E-state index in [1.807, 2.05) is 0 Å². The van der Waals surface area contributed by atoms with Crippen molar-refractivity contribution in [1.82, 2.24) is 0 Å². The number of halogens is 1. The lowest BCUT2D eigenvalue weighted by atomic mass is 10.3. The van der Waals surface area contributed by atoms with Crippen LogP contribution in [0.2, 0.25) is 0 Å². The molecule has 0 radical (unpaired) electrons. The largest absolute Gasteiger partial charge is 0.280 e. The lowest BCUT2D eigenvalue weighted by Crippen LogP contribution is -2.16. The van der Waals surface area contributed by atoms with Gasteiger partial charge in [-0.25, -0.2) is 21.2 Å². The summed E-state index contributed by atoms with van der Waals surface area (Å²) in [5, 5.41) is 0. The Labute approximate surface area is 156 Å². The van der Waals surface area contributed by atoms with Crippen molar-refractivity contribution < 1.29 is 21.2 Å². The molecule has 0 spiro atoms. The van der Waals surface area contributed by atoms with E-state index in [9.17, 15) is 21.2 Å². The minimum Gasteiger partial charge on any atom is -0.280 e. The quantitative estimate of drug-likeness (QED) is 0.656. The summed E-state index contributed by atoms with van der Waals surface area (Å²) in [4.78, 5) is -0.165. The van der Waals surface area contributed by atoms with Gasteiger partial charge >= 0.3 is 0 Å². The highest BCUT2D eigenvalue weighted by Gasteiger charge is 2.18. The standard InChI is InChI=1S/C18H15FN2O4S2/c19-17-11-4-5-12-18(17)21-27(24,25)16-10-6-7-14(13-16)20-26(22,23)15-8-2-1-3-9-15/h1-13,20-21H. The maximum Gasteiger partial charge on any atom is 0.262 e. The highest BCUT2D eigenvalue weighted by Crippen LogP contribution is 2.22. The topological polar surface area (TPSA) is 92.3 Å². The van der Waals surface area contributed by atoms with Crippen LogP contribution in [-0.4, -0.2) is 16.8 Å². The number of sulfonamides is 2. The summed E-state index contributed by atoms with van der Waals surface area (Å²) >= 11 is 0. The number of rotatable bonds is 6. The molecule has 3 aromatic rings. The molecule has 0 fully saturated rings. The number of para-hydroxylation sites is 1. The second-order valence-electron chi connectivity index (χ2n) is 5.53. The zero-order valence-corrected chi connectivity index (χ0v) is 15.5. The van der Waals surface area contributed by atoms with Crippen molar-refractivity contribution in [3.63, 3.8) is 0 Å². The molecule has 0 aliphatic rings. The van der Waals surface area contributed by atoms with E-state index in [1.165, 1.54) is 48.5 Å². The van der Waals surface area contributed by atoms with Gasteiger partial charge < -0.3 is 0 Å². The first-order valence-corrected chi connectivity index (χ1v) is 10.7. The third-order valence-electron chi connectivity index (χ3n) is 3.57. The molecule has 2 N–H and O–H groups in total. The Bertz CT molecular complexity index is 1160. The predicted molar refractivity (Wildman–Crippen MR) is 101 cm³/mol. The summed E-state index contributed by atoms with van der Waals surface area (Å²) in [6.07, 6.45) is 0. The lowest BCUT2D eigenvalue weighted by Gasteiger charge is -2.11. The molecule has 0 aliphatic carbocycles. The van der Waals surface area contributed by atoms with Crippen molar-refractivity contribution in [2.24, 2.45) is 0 Å². The fraction of sp³-hybridized carbons (Fsp3) is 0. The molecule has 0 heterocycles. The molecular formula is C18H15FN2O4S2. The van der Waals surface area contributed by atoms with Crippen LogP contribution in [0, 0.1) is 5.82 Å². The molecule has 0 amide bonds. The van der Waals surface area contributed by atoms with E-state index in [1.54, 1.807) is 18.2 Å². The zero-order chi connectivity index (χ0) is 19.5. The predicted octanol–water partition coefficient (Wildman–Crippen LogP) is 3.43. The number of anilines is 2. The van der Waals surface area contributed by atoms with Gasteiger partial charge in [0.15, 0.2) is 0 Å². The Morgan fingerprint density at radius 1 is 0.630 bits per heavy atom. The van der Waals surface area contributed by atoms with Gasteiger partial charge in [-0.3, -0.25) is 9.44 Å². The molecule has 140 valence electrons. The fourth-order valence-electron chi connectivity index (χ4n) is 2.29. The Kier molecular flexibility index (Phi) is 5.15. The Morgan fingerprint density at radius 2 is 1.22 bits per heavy atom. The molecule has 0 aromatic heterocycles. The first kappa shape index (κ1) is 18.9. The number of hydrogen-bond donors (Lipinski definition) is 2. The molecule has 6 nitrogen and oxygen atoms in total. The zero-order valence-electron chi connectivity index (χ0n) is 13.8. The van der Waals surface area contributed by atoms with Crippen LogP contribution < -0.4 is 9.44 Å². The molecule has 0 unspecified atom stereocenters. The van der Waals surface area contributed by atoms with Crippen LogP contribution in [0.5, 0.6) is 0 Å². The van der Waals surface area contributed by atoms with Crippen LogP contribution in [0.15, 0.2) is 88.7 Å². The lowest BCUT2D eigenvalue weighted by molar-refractivity contribution is 0.597. The van der Waals surface area contributed by atoms with Gasteiger partial charge in [-0.15, -0.1) is 0 Å². The minimum absolute atomic E-state index is 0.0442. The minimum atomic E-state index is -4.10. The number of hydrogen-bond acceptors (Lipinski definition) is 4. The van der Waals surface area contributed by atoms with Crippen LogP contribution in [-0.2, 0) is 20.0 Å². The van der Waals surface area contributed by atoms with Gasteiger partial charge in [0.1, 0.15) is 5.82 Å². The third-order valence-corrected chi connectivity index (χ3v) is 6.33. The van der Waals surface area contributed by atoms with Crippen LogP contribution in [0.4, 0.5) is 15.8 Å². The van der Waals surface area contributed by atoms with Gasteiger partial charge in [0.05, 0.1) is 21.2 Å². The van der Waals surface area contributed by atoms with Crippen molar-refractivity contribution in [1.29, 1.82) is 0 Å². The second kappa shape index (κ2) is 7.37. The highest BCUT2D eigenvalue weighted by molar-refractivity contribution is 7.93. The van der Waals surface area contributed by atoms with E-state index in [-0.39, 0.29) is 21.2 Å². The van der Waals surface area contributed by atoms with Crippen molar-refractivity contribution in [3.8, 4) is 0 Å². The van der Waals surface area contributed by atoms with E-state index in [0.717, 1.165) is 12.1 Å². The van der Waals surface area contributed by atoms with Gasteiger partial charge in [0.2, 0.25) is 0 Å². The average Bonchev–Trinajstić information content (AvgIpc) is 2.64. The van der Waals surface area contributed by atoms with Gasteiger partial charge in [-0.05, 0) is 42.5 Å². The first-order valence-electron chi connectivity index (χ1n) is 7.73. The van der Waals surface area contributed by atoms with Gasteiger partial charge in [0, 0.05) is 0 Å². The Balaban J connectivity index is 1.88. The van der Waals surface area contributed by atoms with E-state index in [0.29, 0.717) is 0 Å². The van der Waals surface area contributed by atoms with E-state index in [2.05, 4.69) is 9.44 Å². The van der Waals surface area contributed by atoms with Crippen LogP contribution in [0.3, 0.4) is 0 Å². The monoisotopic (exact) mass is 406 g/mol.